The molecule has 7 nitrogen and oxygen atoms in total. The smallest absolute Gasteiger partial charge is 0.264 e. The number of carbonyl (C=O) groups excluding carboxylic acids is 2. The van der Waals surface area contributed by atoms with Crippen molar-refractivity contribution in [1.29, 1.82) is 0 Å². The van der Waals surface area contributed by atoms with Gasteiger partial charge in [0.15, 0.2) is 5.82 Å². The number of amides is 2. The molecule has 2 N–H and O–H groups in total. The predicted octanol–water partition coefficient (Wildman–Crippen LogP) is 0.448. The molecule has 1 aliphatic rings. The van der Waals surface area contributed by atoms with Gasteiger partial charge in [-0.15, -0.1) is 0 Å². The van der Waals surface area contributed by atoms with Crippen LogP contribution in [0.1, 0.15) is 26.5 Å². The van der Waals surface area contributed by atoms with Gasteiger partial charge in [0, 0.05) is 5.69 Å². The van der Waals surface area contributed by atoms with Gasteiger partial charge in [0.2, 0.25) is 6.39 Å². The van der Waals surface area contributed by atoms with Gasteiger partial charge in [0.05, 0.1) is 17.7 Å². The monoisotopic (exact) mass is 244 g/mol. The predicted molar refractivity (Wildman–Crippen MR) is 59.4 cm³/mol. The Morgan fingerprint density at radius 1 is 1.28 bits per heavy atom. The number of imide groups is 1. The molecule has 0 bridgehead atoms. The average molecular weight is 244 g/mol. The van der Waals surface area contributed by atoms with Crippen LogP contribution in [0.5, 0.6) is 0 Å². The Bertz CT molecular complexity index is 636. The van der Waals surface area contributed by atoms with Crippen LogP contribution < -0.4 is 5.73 Å². The molecule has 0 aliphatic carbocycles. The summed E-state index contributed by atoms with van der Waals surface area (Å²) in [5.41, 5.74) is 6.55. The molecule has 7 heteroatoms. The number of carbonyl (C=O) groups is 2. The third-order valence-electron chi connectivity index (χ3n) is 2.74. The fraction of sp³-hybridized carbons (Fsp3) is 0.0909. The van der Waals surface area contributed by atoms with Crippen LogP contribution in [0.2, 0.25) is 0 Å². The van der Waals surface area contributed by atoms with Crippen LogP contribution in [0.25, 0.3) is 0 Å². The van der Waals surface area contributed by atoms with Crippen molar-refractivity contribution in [1.82, 2.24) is 15.0 Å². The van der Waals surface area contributed by atoms with Crippen molar-refractivity contribution in [3.8, 4) is 0 Å². The Morgan fingerprint density at radius 2 is 2.11 bits per heavy atom. The second-order valence-electron chi connectivity index (χ2n) is 3.81. The number of nitrogens with two attached hydrogens (primary N) is 1. The third kappa shape index (κ3) is 1.37. The fourth-order valence-corrected chi connectivity index (χ4v) is 1.91. The summed E-state index contributed by atoms with van der Waals surface area (Å²) in [6.07, 6.45) is 1.14. The number of benzene rings is 1. The van der Waals surface area contributed by atoms with Crippen LogP contribution in [0.3, 0.4) is 0 Å². The quantitative estimate of drug-likeness (QED) is 0.607. The van der Waals surface area contributed by atoms with E-state index in [1.165, 1.54) is 0 Å². The molecule has 0 atom stereocenters. The minimum atomic E-state index is -0.432. The fourth-order valence-electron chi connectivity index (χ4n) is 1.91. The summed E-state index contributed by atoms with van der Waals surface area (Å²) in [7, 11) is 0. The highest BCUT2D eigenvalue weighted by Crippen LogP contribution is 2.28. The molecule has 2 heterocycles. The summed E-state index contributed by atoms with van der Waals surface area (Å²) in [5, 5.41) is 3.57. The van der Waals surface area contributed by atoms with Gasteiger partial charge in [-0.25, -0.2) is 0 Å². The molecule has 1 aromatic heterocycles. The Morgan fingerprint density at radius 3 is 2.78 bits per heavy atom. The first-order chi connectivity index (χ1) is 8.68. The molecule has 0 radical (unpaired) electrons. The van der Waals surface area contributed by atoms with Gasteiger partial charge in [-0.3, -0.25) is 14.5 Å². The molecule has 0 fully saturated rings. The zero-order valence-electron chi connectivity index (χ0n) is 9.16. The van der Waals surface area contributed by atoms with E-state index < -0.39 is 11.8 Å². The Kier molecular flexibility index (Phi) is 2.12. The highest BCUT2D eigenvalue weighted by molar-refractivity contribution is 6.23. The first-order valence-electron chi connectivity index (χ1n) is 5.18. The zero-order chi connectivity index (χ0) is 12.7. The van der Waals surface area contributed by atoms with Gasteiger partial charge in [-0.2, -0.15) is 4.98 Å². The summed E-state index contributed by atoms with van der Waals surface area (Å²) in [5.74, 6) is -0.562. The second-order valence-corrected chi connectivity index (χ2v) is 3.81. The second kappa shape index (κ2) is 3.66. The first-order valence-corrected chi connectivity index (χ1v) is 5.18. The van der Waals surface area contributed by atoms with Crippen molar-refractivity contribution in [2.24, 2.45) is 0 Å². The van der Waals surface area contributed by atoms with Crippen molar-refractivity contribution in [3.63, 3.8) is 0 Å². The molecule has 0 spiro atoms. The van der Waals surface area contributed by atoms with Crippen LogP contribution in [0, 0.1) is 0 Å². The zero-order valence-corrected chi connectivity index (χ0v) is 9.16. The van der Waals surface area contributed by atoms with E-state index >= 15 is 0 Å². The van der Waals surface area contributed by atoms with Crippen LogP contribution in [0.4, 0.5) is 5.69 Å². The first kappa shape index (κ1) is 10.5. The van der Waals surface area contributed by atoms with E-state index in [9.17, 15) is 9.59 Å². The molecule has 2 aromatic rings. The van der Waals surface area contributed by atoms with Gasteiger partial charge >= 0.3 is 0 Å². The van der Waals surface area contributed by atoms with Crippen LogP contribution in [-0.4, -0.2) is 26.9 Å². The number of hydrogen-bond donors (Lipinski definition) is 1. The molecule has 0 saturated heterocycles. The molecule has 90 valence electrons. The van der Waals surface area contributed by atoms with Gasteiger partial charge in [-0.1, -0.05) is 11.2 Å². The standard InChI is InChI=1S/C11H8N4O3/c12-7-3-1-2-6-9(7)11(17)15(10(6)16)4-8-13-5-18-14-8/h1-3,5H,4,12H2. The van der Waals surface area contributed by atoms with Gasteiger partial charge in [0.1, 0.15) is 0 Å². The number of nitrogen functional groups attached to an aromatic ring is 1. The molecule has 0 unspecified atom stereocenters. The van der Waals surface area contributed by atoms with Crippen molar-refractivity contribution in [3.05, 3.63) is 41.5 Å². The van der Waals surface area contributed by atoms with Gasteiger partial charge in [-0.05, 0) is 12.1 Å². The summed E-state index contributed by atoms with van der Waals surface area (Å²) in [4.78, 5) is 29.0. The van der Waals surface area contributed by atoms with Crippen molar-refractivity contribution in [2.75, 3.05) is 5.73 Å². The number of fused-ring (bicyclic) bond motifs is 1. The van der Waals surface area contributed by atoms with Crippen LogP contribution >= 0.6 is 0 Å². The average Bonchev–Trinajstić information content (AvgIpc) is 2.94. The van der Waals surface area contributed by atoms with Crippen molar-refractivity contribution < 1.29 is 14.1 Å². The van der Waals surface area contributed by atoms with E-state index in [0.717, 1.165) is 11.3 Å². The maximum atomic E-state index is 12.1. The molecule has 1 aromatic carbocycles. The minimum Gasteiger partial charge on any atom is -0.398 e. The lowest BCUT2D eigenvalue weighted by molar-refractivity contribution is 0.0637. The third-order valence-corrected chi connectivity index (χ3v) is 2.74. The van der Waals surface area contributed by atoms with Crippen molar-refractivity contribution >= 4 is 17.5 Å². The Balaban J connectivity index is 2.00. The molecular formula is C11H8N4O3. The van der Waals surface area contributed by atoms with E-state index in [4.69, 9.17) is 5.73 Å². The minimum absolute atomic E-state index is 0.0255. The lowest BCUT2D eigenvalue weighted by Gasteiger charge is -2.10. The van der Waals surface area contributed by atoms with Gasteiger partial charge < -0.3 is 10.3 Å². The lowest BCUT2D eigenvalue weighted by Crippen LogP contribution is -2.29. The summed E-state index contributed by atoms with van der Waals surface area (Å²) >= 11 is 0. The number of anilines is 1. The highest BCUT2D eigenvalue weighted by atomic mass is 16.5. The van der Waals surface area contributed by atoms with Crippen LogP contribution in [-0.2, 0) is 6.54 Å². The Labute approximate surface area is 101 Å². The topological polar surface area (TPSA) is 102 Å². The molecule has 1 aliphatic heterocycles. The normalized spacial score (nSPS) is 14.1. The number of nitrogens with zero attached hydrogens (tertiary/aromatic N) is 3. The van der Waals surface area contributed by atoms with E-state index in [-0.39, 0.29) is 17.9 Å². The summed E-state index contributed by atoms with van der Waals surface area (Å²) in [6.45, 7) is -0.0255. The number of aromatic nitrogens is 2. The van der Waals surface area contributed by atoms with Crippen LogP contribution in [0.15, 0.2) is 29.1 Å². The summed E-state index contributed by atoms with van der Waals surface area (Å²) in [6, 6.07) is 4.79. The SMILES string of the molecule is Nc1cccc2c1C(=O)N(Cc1ncon1)C2=O. The number of hydrogen-bond acceptors (Lipinski definition) is 6. The lowest BCUT2D eigenvalue weighted by atomic mass is 10.1. The highest BCUT2D eigenvalue weighted by Gasteiger charge is 2.37. The van der Waals surface area contributed by atoms with Gasteiger partial charge in [0.25, 0.3) is 11.8 Å². The number of rotatable bonds is 2. The Hall–Kier alpha value is -2.70. The summed E-state index contributed by atoms with van der Waals surface area (Å²) < 4.78 is 4.56. The largest absolute Gasteiger partial charge is 0.398 e. The molecule has 18 heavy (non-hydrogen) atoms. The molecule has 2 amide bonds. The molecular weight excluding hydrogens is 236 g/mol. The molecule has 0 saturated carbocycles. The van der Waals surface area contributed by atoms with E-state index in [2.05, 4.69) is 14.7 Å². The van der Waals surface area contributed by atoms with Crippen molar-refractivity contribution in [2.45, 2.75) is 6.54 Å². The maximum Gasteiger partial charge on any atom is 0.264 e. The van der Waals surface area contributed by atoms with E-state index in [0.29, 0.717) is 11.3 Å². The molecule has 3 rings (SSSR count). The van der Waals surface area contributed by atoms with E-state index in [1.807, 2.05) is 0 Å². The maximum absolute atomic E-state index is 12.1. The van der Waals surface area contributed by atoms with E-state index in [1.54, 1.807) is 18.2 Å².